The van der Waals surface area contributed by atoms with Gasteiger partial charge in [0, 0.05) is 18.0 Å². The normalized spacial score (nSPS) is 13.8. The third-order valence-electron chi connectivity index (χ3n) is 6.83. The van der Waals surface area contributed by atoms with Crippen LogP contribution in [0, 0.1) is 0 Å². The first-order chi connectivity index (χ1) is 19.5. The van der Waals surface area contributed by atoms with E-state index in [9.17, 15) is 23.1 Å². The summed E-state index contributed by atoms with van der Waals surface area (Å²) in [5.74, 6) is -1.41. The molecule has 0 radical (unpaired) electrons. The number of unbranched alkanes of at least 4 members (excludes halogenated alkanes) is 1. The second-order valence-electron chi connectivity index (χ2n) is 11.9. The zero-order chi connectivity index (χ0) is 31.3. The lowest BCUT2D eigenvalue weighted by Crippen LogP contribution is -2.48. The Morgan fingerprint density at radius 2 is 1.74 bits per heavy atom. The summed E-state index contributed by atoms with van der Waals surface area (Å²) >= 11 is 0.936. The number of benzene rings is 1. The summed E-state index contributed by atoms with van der Waals surface area (Å²) in [5, 5.41) is 11.0. The molecule has 1 atom stereocenters. The highest BCUT2D eigenvalue weighted by Crippen LogP contribution is 2.36. The first-order valence-electron chi connectivity index (χ1n) is 13.7. The number of anilines is 1. The number of aromatic nitrogens is 2. The highest BCUT2D eigenvalue weighted by Gasteiger charge is 2.46. The van der Waals surface area contributed by atoms with Crippen LogP contribution in [-0.2, 0) is 36.1 Å². The first-order valence-corrected chi connectivity index (χ1v) is 16.1. The molecule has 0 spiro atoms. The number of nitrogens with two attached hydrogens (primary N) is 1. The van der Waals surface area contributed by atoms with Crippen molar-refractivity contribution in [3.8, 4) is 0 Å². The Labute approximate surface area is 251 Å². The Bertz CT molecular complexity index is 1480. The van der Waals surface area contributed by atoms with Gasteiger partial charge in [0.2, 0.25) is 14.2 Å². The van der Waals surface area contributed by atoms with E-state index in [-0.39, 0.29) is 27.7 Å². The average molecular weight is 617 g/mol. The molecule has 1 aromatic carbocycles. The van der Waals surface area contributed by atoms with Crippen LogP contribution in [0.5, 0.6) is 0 Å². The molecule has 0 bridgehead atoms. The van der Waals surface area contributed by atoms with E-state index in [1.807, 2.05) is 24.3 Å². The summed E-state index contributed by atoms with van der Waals surface area (Å²) in [7, 11) is -4.30. The van der Waals surface area contributed by atoms with E-state index >= 15 is 0 Å². The Balaban J connectivity index is 2.10. The number of carbonyl (C=O) groups excluding carboxylic acids is 1. The Morgan fingerprint density at radius 3 is 2.29 bits per heavy atom. The van der Waals surface area contributed by atoms with Gasteiger partial charge in [-0.2, -0.15) is 0 Å². The number of rotatable bonds is 12. The van der Waals surface area contributed by atoms with E-state index in [0.29, 0.717) is 5.56 Å². The van der Waals surface area contributed by atoms with Crippen LogP contribution in [0.25, 0.3) is 0 Å². The highest BCUT2D eigenvalue weighted by atomic mass is 32.2. The number of hydrogen-bond donors (Lipinski definition) is 2. The molecule has 1 unspecified atom stereocenters. The largest absolute Gasteiger partial charge is 0.480 e. The molecule has 3 rings (SSSR count). The molecule has 0 aliphatic rings. The average Bonchev–Trinajstić information content (AvgIpc) is 3.46. The SMILES string of the molecule is CCCCC(C)(C)c1ccc(CC(N)(c2cccc(N(CC(=O)O)C(=O)OC(C)(C)C)n2)S(=O)(=O)c2nccs2)cc1. The van der Waals surface area contributed by atoms with Crippen LogP contribution in [0.1, 0.15) is 77.6 Å². The first kappa shape index (κ1) is 33.2. The van der Waals surface area contributed by atoms with E-state index in [0.717, 1.165) is 41.1 Å². The van der Waals surface area contributed by atoms with Gasteiger partial charge in [-0.25, -0.2) is 23.2 Å². The van der Waals surface area contributed by atoms with Crippen molar-refractivity contribution in [3.05, 3.63) is 70.9 Å². The van der Waals surface area contributed by atoms with Gasteiger partial charge < -0.3 is 15.6 Å². The maximum atomic E-state index is 14.0. The van der Waals surface area contributed by atoms with Gasteiger partial charge in [0.15, 0.2) is 4.87 Å². The third-order valence-corrected chi connectivity index (χ3v) is 10.2. The minimum Gasteiger partial charge on any atom is -0.480 e. The summed E-state index contributed by atoms with van der Waals surface area (Å²) < 4.78 is 33.3. The number of carboxylic acid groups (broad SMARTS) is 1. The summed E-state index contributed by atoms with van der Waals surface area (Å²) in [6, 6.07) is 12.0. The Morgan fingerprint density at radius 1 is 1.07 bits per heavy atom. The van der Waals surface area contributed by atoms with Crippen LogP contribution in [-0.4, -0.2) is 47.7 Å². The fourth-order valence-electron chi connectivity index (χ4n) is 4.46. The number of hydrogen-bond acceptors (Lipinski definition) is 9. The molecule has 0 aliphatic carbocycles. The zero-order valence-electron chi connectivity index (χ0n) is 25.0. The van der Waals surface area contributed by atoms with Gasteiger partial charge in [0.25, 0.3) is 0 Å². The molecule has 42 heavy (non-hydrogen) atoms. The van der Waals surface area contributed by atoms with E-state index in [2.05, 4.69) is 30.7 Å². The van der Waals surface area contributed by atoms with Crippen LogP contribution in [0.3, 0.4) is 0 Å². The van der Waals surface area contributed by atoms with Crippen molar-refractivity contribution >= 4 is 39.1 Å². The smallest absolute Gasteiger partial charge is 0.416 e. The number of carboxylic acids is 1. The number of aliphatic carboxylic acids is 1. The van der Waals surface area contributed by atoms with E-state index in [1.54, 1.807) is 26.2 Å². The number of amides is 1. The molecule has 3 N–H and O–H groups in total. The topological polar surface area (TPSA) is 153 Å². The minimum atomic E-state index is -4.30. The van der Waals surface area contributed by atoms with Gasteiger partial charge in [-0.1, -0.05) is 63.9 Å². The number of thiazole rings is 1. The van der Waals surface area contributed by atoms with Crippen molar-refractivity contribution in [2.24, 2.45) is 5.73 Å². The quantitative estimate of drug-likeness (QED) is 0.262. The van der Waals surface area contributed by atoms with Crippen LogP contribution in [0.4, 0.5) is 10.6 Å². The number of carbonyl (C=O) groups is 2. The molecular weight excluding hydrogens is 576 g/mol. The Hall–Kier alpha value is -3.35. The lowest BCUT2D eigenvalue weighted by molar-refractivity contribution is -0.135. The number of ether oxygens (including phenoxy) is 1. The summed E-state index contributed by atoms with van der Waals surface area (Å²) in [6.45, 7) is 10.7. The van der Waals surface area contributed by atoms with Crippen molar-refractivity contribution in [3.63, 3.8) is 0 Å². The molecule has 2 aromatic heterocycles. The van der Waals surface area contributed by atoms with E-state index in [4.69, 9.17) is 10.5 Å². The third kappa shape index (κ3) is 7.73. The lowest BCUT2D eigenvalue weighted by atomic mass is 9.80. The molecule has 3 aromatic rings. The summed E-state index contributed by atoms with van der Waals surface area (Å²) in [5.41, 5.74) is 7.59. The standard InChI is InChI=1S/C30H40N4O6S2/c1-7-8-16-29(5,6)22-14-12-21(13-15-22)19-30(31,42(38,39)26-32-17-18-41-26)23-10-9-11-24(33-23)34(20-25(35)36)27(37)40-28(2,3)4/h9-15,17-18H,7-8,16,19-20,31H2,1-6H3,(H,35,36). The number of sulfone groups is 1. The monoisotopic (exact) mass is 616 g/mol. The molecule has 10 nitrogen and oxygen atoms in total. The maximum Gasteiger partial charge on any atom is 0.416 e. The second-order valence-corrected chi connectivity index (χ2v) is 15.2. The van der Waals surface area contributed by atoms with Crippen LogP contribution < -0.4 is 10.6 Å². The van der Waals surface area contributed by atoms with Gasteiger partial charge >= 0.3 is 12.1 Å². The number of pyridine rings is 1. The van der Waals surface area contributed by atoms with Gasteiger partial charge in [-0.05, 0) is 55.9 Å². The predicted molar refractivity (Wildman–Crippen MR) is 163 cm³/mol. The van der Waals surface area contributed by atoms with Crippen molar-refractivity contribution in [2.75, 3.05) is 11.4 Å². The molecule has 1 amide bonds. The summed E-state index contributed by atoms with van der Waals surface area (Å²) in [4.78, 5) is 31.8. The molecule has 0 saturated heterocycles. The fraction of sp³-hybridized carbons (Fsp3) is 0.467. The fourth-order valence-corrected chi connectivity index (χ4v) is 7.20. The van der Waals surface area contributed by atoms with Crippen molar-refractivity contribution in [1.82, 2.24) is 9.97 Å². The summed E-state index contributed by atoms with van der Waals surface area (Å²) in [6.07, 6.45) is 3.50. The predicted octanol–water partition coefficient (Wildman–Crippen LogP) is 5.66. The van der Waals surface area contributed by atoms with Crippen molar-refractivity contribution in [1.29, 1.82) is 0 Å². The molecular formula is C30H40N4O6S2. The molecule has 228 valence electrons. The highest BCUT2D eigenvalue weighted by molar-refractivity contribution is 7.94. The lowest BCUT2D eigenvalue weighted by Gasteiger charge is -2.30. The van der Waals surface area contributed by atoms with Gasteiger partial charge in [0.05, 0.1) is 5.69 Å². The van der Waals surface area contributed by atoms with E-state index < -0.39 is 38.9 Å². The minimum absolute atomic E-state index is 0.0491. The Kier molecular flexibility index (Phi) is 10.2. The molecule has 0 aliphatic heterocycles. The van der Waals surface area contributed by atoms with Gasteiger partial charge in [0.1, 0.15) is 18.0 Å². The van der Waals surface area contributed by atoms with Crippen molar-refractivity contribution in [2.45, 2.75) is 87.5 Å². The second kappa shape index (κ2) is 12.9. The van der Waals surface area contributed by atoms with Crippen molar-refractivity contribution < 1.29 is 27.9 Å². The molecule has 12 heteroatoms. The van der Waals surface area contributed by atoms with Crippen LogP contribution >= 0.6 is 11.3 Å². The zero-order valence-corrected chi connectivity index (χ0v) is 26.6. The molecule has 2 heterocycles. The van der Waals surface area contributed by atoms with Gasteiger partial charge in [-0.15, -0.1) is 11.3 Å². The number of nitrogens with zero attached hydrogens (tertiary/aromatic N) is 3. The van der Waals surface area contributed by atoms with E-state index in [1.165, 1.54) is 24.4 Å². The molecule has 0 fully saturated rings. The van der Waals surface area contributed by atoms with Crippen LogP contribution in [0.2, 0.25) is 0 Å². The van der Waals surface area contributed by atoms with Gasteiger partial charge in [-0.3, -0.25) is 9.69 Å². The van der Waals surface area contributed by atoms with Crippen LogP contribution in [0.15, 0.2) is 58.4 Å². The molecule has 0 saturated carbocycles. The maximum absolute atomic E-state index is 14.0.